The van der Waals surface area contributed by atoms with E-state index in [1.165, 1.54) is 12.3 Å². The van der Waals surface area contributed by atoms with E-state index < -0.39 is 4.92 Å². The summed E-state index contributed by atoms with van der Waals surface area (Å²) >= 11 is 0. The van der Waals surface area contributed by atoms with E-state index in [9.17, 15) is 10.1 Å². The Morgan fingerprint density at radius 3 is 3.08 bits per heavy atom. The van der Waals surface area contributed by atoms with Gasteiger partial charge in [0.05, 0.1) is 4.92 Å². The third-order valence-corrected chi connectivity index (χ3v) is 1.90. The van der Waals surface area contributed by atoms with Gasteiger partial charge in [-0.3, -0.25) is 10.1 Å². The molecule has 0 bridgehead atoms. The molecule has 66 valence electrons. The minimum absolute atomic E-state index is 0.0266. The summed E-state index contributed by atoms with van der Waals surface area (Å²) in [6.45, 7) is 0. The second kappa shape index (κ2) is 2.55. The van der Waals surface area contributed by atoms with Crippen molar-refractivity contribution in [3.63, 3.8) is 0 Å². The third-order valence-electron chi connectivity index (χ3n) is 1.90. The molecule has 0 atom stereocenters. The highest BCUT2D eigenvalue weighted by atomic mass is 16.6. The monoisotopic (exact) mass is 177 g/mol. The number of pyridine rings is 1. The smallest absolute Gasteiger partial charge is 0.288 e. The number of aromatic nitrogens is 2. The van der Waals surface area contributed by atoms with Gasteiger partial charge in [0.2, 0.25) is 0 Å². The van der Waals surface area contributed by atoms with Crippen LogP contribution in [0.5, 0.6) is 0 Å². The molecule has 0 unspecified atom stereocenters. The van der Waals surface area contributed by atoms with Crippen LogP contribution in [0.2, 0.25) is 0 Å². The summed E-state index contributed by atoms with van der Waals surface area (Å²) in [5, 5.41) is 11.2. The lowest BCUT2D eigenvalue weighted by Crippen LogP contribution is -1.91. The number of hydrogen-bond acceptors (Lipinski definition) is 3. The van der Waals surface area contributed by atoms with E-state index in [1.807, 2.05) is 17.8 Å². The van der Waals surface area contributed by atoms with Gasteiger partial charge in [-0.2, -0.15) is 0 Å². The average molecular weight is 177 g/mol. The lowest BCUT2D eigenvalue weighted by atomic mass is 10.3. The van der Waals surface area contributed by atoms with Crippen molar-refractivity contribution in [3.05, 3.63) is 34.6 Å². The molecule has 0 aliphatic heterocycles. The van der Waals surface area contributed by atoms with Crippen molar-refractivity contribution in [1.29, 1.82) is 0 Å². The van der Waals surface area contributed by atoms with E-state index in [-0.39, 0.29) is 5.69 Å². The van der Waals surface area contributed by atoms with Gasteiger partial charge < -0.3 is 4.57 Å². The molecule has 0 amide bonds. The standard InChI is InChI=1S/C8H7N3O2/c1-10-3-2-6-4-7(11(12)13)5-9-8(6)10/h2-5H,1H3. The van der Waals surface area contributed by atoms with Gasteiger partial charge in [-0.25, -0.2) is 4.98 Å². The van der Waals surface area contributed by atoms with Crippen molar-refractivity contribution < 1.29 is 4.92 Å². The molecule has 0 saturated heterocycles. The van der Waals surface area contributed by atoms with Crippen molar-refractivity contribution in [2.45, 2.75) is 0 Å². The predicted molar refractivity (Wildman–Crippen MR) is 47.4 cm³/mol. The minimum Gasteiger partial charge on any atom is -0.336 e. The largest absolute Gasteiger partial charge is 0.336 e. The number of aryl methyl sites for hydroxylation is 1. The Balaban J connectivity index is 2.70. The molecule has 0 radical (unpaired) electrons. The van der Waals surface area contributed by atoms with E-state index in [4.69, 9.17) is 0 Å². The van der Waals surface area contributed by atoms with E-state index >= 15 is 0 Å². The van der Waals surface area contributed by atoms with Gasteiger partial charge in [-0.1, -0.05) is 0 Å². The van der Waals surface area contributed by atoms with E-state index in [2.05, 4.69) is 4.98 Å². The average Bonchev–Trinajstić information content (AvgIpc) is 2.47. The maximum Gasteiger partial charge on any atom is 0.288 e. The van der Waals surface area contributed by atoms with Crippen molar-refractivity contribution in [2.24, 2.45) is 7.05 Å². The summed E-state index contributed by atoms with van der Waals surface area (Å²) in [5.41, 5.74) is 0.782. The summed E-state index contributed by atoms with van der Waals surface area (Å²) in [5.74, 6) is 0. The quantitative estimate of drug-likeness (QED) is 0.489. The number of hydrogen-bond donors (Lipinski definition) is 0. The fourth-order valence-electron chi connectivity index (χ4n) is 1.24. The number of rotatable bonds is 1. The Bertz CT molecular complexity index is 475. The van der Waals surface area contributed by atoms with Gasteiger partial charge >= 0.3 is 0 Å². The van der Waals surface area contributed by atoms with Crippen LogP contribution in [-0.2, 0) is 7.05 Å². The number of fused-ring (bicyclic) bond motifs is 1. The van der Waals surface area contributed by atoms with Gasteiger partial charge in [-0.15, -0.1) is 0 Å². The Hall–Kier alpha value is -1.91. The molecule has 2 aromatic rings. The van der Waals surface area contributed by atoms with Crippen molar-refractivity contribution >= 4 is 16.7 Å². The van der Waals surface area contributed by atoms with Gasteiger partial charge in [0.25, 0.3) is 5.69 Å². The maximum absolute atomic E-state index is 10.4. The van der Waals surface area contributed by atoms with Crippen LogP contribution in [0.4, 0.5) is 5.69 Å². The van der Waals surface area contributed by atoms with Crippen molar-refractivity contribution in [3.8, 4) is 0 Å². The van der Waals surface area contributed by atoms with E-state index in [0.717, 1.165) is 11.0 Å². The highest BCUT2D eigenvalue weighted by molar-refractivity contribution is 5.78. The fourth-order valence-corrected chi connectivity index (χ4v) is 1.24. The Labute approximate surface area is 73.8 Å². The van der Waals surface area contributed by atoms with Crippen LogP contribution in [-0.4, -0.2) is 14.5 Å². The van der Waals surface area contributed by atoms with Gasteiger partial charge in [0.1, 0.15) is 11.8 Å². The summed E-state index contributed by atoms with van der Waals surface area (Å²) in [6.07, 6.45) is 3.09. The highest BCUT2D eigenvalue weighted by Crippen LogP contribution is 2.17. The molecule has 0 spiro atoms. The molecular formula is C8H7N3O2. The highest BCUT2D eigenvalue weighted by Gasteiger charge is 2.08. The second-order valence-electron chi connectivity index (χ2n) is 2.79. The Kier molecular flexibility index (Phi) is 1.51. The zero-order chi connectivity index (χ0) is 9.42. The molecule has 0 fully saturated rings. The van der Waals surface area contributed by atoms with E-state index in [0.29, 0.717) is 0 Å². The molecule has 5 heteroatoms. The van der Waals surface area contributed by atoms with Crippen LogP contribution in [0.1, 0.15) is 0 Å². The van der Waals surface area contributed by atoms with Gasteiger partial charge in [0.15, 0.2) is 0 Å². The maximum atomic E-state index is 10.4. The first-order valence-electron chi connectivity index (χ1n) is 3.74. The summed E-state index contributed by atoms with van der Waals surface area (Å²) in [6, 6.07) is 3.32. The topological polar surface area (TPSA) is 61.0 Å². The van der Waals surface area contributed by atoms with Crippen LogP contribution in [0.3, 0.4) is 0 Å². The first-order valence-corrected chi connectivity index (χ1v) is 3.74. The molecular weight excluding hydrogens is 170 g/mol. The second-order valence-corrected chi connectivity index (χ2v) is 2.79. The molecule has 0 aliphatic carbocycles. The molecule has 0 aromatic carbocycles. The summed E-state index contributed by atoms with van der Waals surface area (Å²) in [7, 11) is 1.85. The van der Waals surface area contributed by atoms with Crippen molar-refractivity contribution in [1.82, 2.24) is 9.55 Å². The molecule has 0 saturated carbocycles. The number of nitrogens with zero attached hydrogens (tertiary/aromatic N) is 3. The molecule has 0 N–H and O–H groups in total. The SMILES string of the molecule is Cn1ccc2cc([N+](=O)[O-])cnc21. The zero-order valence-electron chi connectivity index (χ0n) is 6.97. The van der Waals surface area contributed by atoms with Crippen LogP contribution >= 0.6 is 0 Å². The molecule has 0 aliphatic rings. The summed E-state index contributed by atoms with van der Waals surface area (Å²) < 4.78 is 1.82. The zero-order valence-corrected chi connectivity index (χ0v) is 6.97. The first kappa shape index (κ1) is 7.72. The minimum atomic E-state index is -0.445. The Morgan fingerprint density at radius 2 is 2.38 bits per heavy atom. The van der Waals surface area contributed by atoms with Crippen LogP contribution < -0.4 is 0 Å². The fraction of sp³-hybridized carbons (Fsp3) is 0.125. The Morgan fingerprint density at radius 1 is 1.62 bits per heavy atom. The molecule has 13 heavy (non-hydrogen) atoms. The summed E-state index contributed by atoms with van der Waals surface area (Å²) in [4.78, 5) is 13.9. The van der Waals surface area contributed by atoms with Gasteiger partial charge in [0, 0.05) is 24.7 Å². The van der Waals surface area contributed by atoms with Crippen LogP contribution in [0.15, 0.2) is 24.5 Å². The molecule has 2 rings (SSSR count). The molecule has 5 nitrogen and oxygen atoms in total. The van der Waals surface area contributed by atoms with Crippen LogP contribution in [0, 0.1) is 10.1 Å². The van der Waals surface area contributed by atoms with Gasteiger partial charge in [-0.05, 0) is 6.07 Å². The van der Waals surface area contributed by atoms with E-state index in [1.54, 1.807) is 6.07 Å². The molecule has 2 aromatic heterocycles. The van der Waals surface area contributed by atoms with Crippen LogP contribution in [0.25, 0.3) is 11.0 Å². The lowest BCUT2D eigenvalue weighted by Gasteiger charge is -1.94. The van der Waals surface area contributed by atoms with Crippen molar-refractivity contribution in [2.75, 3.05) is 0 Å². The number of nitro groups is 1. The lowest BCUT2D eigenvalue weighted by molar-refractivity contribution is -0.385. The molecule has 2 heterocycles. The first-order chi connectivity index (χ1) is 6.18. The normalized spacial score (nSPS) is 10.5. The predicted octanol–water partition coefficient (Wildman–Crippen LogP) is 1.48. The third kappa shape index (κ3) is 1.14.